The van der Waals surface area contributed by atoms with Gasteiger partial charge >= 0.3 is 18.4 Å². The molecule has 0 saturated carbocycles. The van der Waals surface area contributed by atoms with E-state index in [1.807, 2.05) is 0 Å². The predicted molar refractivity (Wildman–Crippen MR) is 93.4 cm³/mol. The summed E-state index contributed by atoms with van der Waals surface area (Å²) in [6.07, 6.45) is -3.92. The number of hydrogen-bond donors (Lipinski definition) is 3. The van der Waals surface area contributed by atoms with Gasteiger partial charge in [-0.3, -0.25) is 9.59 Å². The number of nitrogens with two attached hydrogens (primary N) is 1. The minimum absolute atomic E-state index is 0.109. The fourth-order valence-corrected chi connectivity index (χ4v) is 2.08. The van der Waals surface area contributed by atoms with Crippen LogP contribution in [0.3, 0.4) is 0 Å². The van der Waals surface area contributed by atoms with E-state index in [-0.39, 0.29) is 12.1 Å². The van der Waals surface area contributed by atoms with Gasteiger partial charge in [-0.25, -0.2) is 4.79 Å². The normalized spacial score (nSPS) is 12.0. The number of primary amides is 1. The predicted octanol–water partition coefficient (Wildman–Crippen LogP) is 2.68. The standard InChI is InChI=1S/C17H22F3N3O5/c1-11(27-14(24)5-3-2-4-10-22-16(21)26)15(25)23-12-6-8-13(9-7-12)28-17(18,19)20/h6-9,11H,2-5,10H2,1H3,(H,23,25)(H3,21,22,26)/t11-/m1/s1. The van der Waals surface area contributed by atoms with E-state index in [0.717, 1.165) is 12.1 Å². The van der Waals surface area contributed by atoms with Crippen LogP contribution in [0.4, 0.5) is 23.7 Å². The Morgan fingerprint density at radius 3 is 2.32 bits per heavy atom. The molecule has 1 aromatic rings. The zero-order chi connectivity index (χ0) is 21.2. The van der Waals surface area contributed by atoms with Gasteiger partial charge in [0, 0.05) is 18.7 Å². The summed E-state index contributed by atoms with van der Waals surface area (Å²) in [7, 11) is 0. The Morgan fingerprint density at radius 1 is 1.11 bits per heavy atom. The van der Waals surface area contributed by atoms with E-state index >= 15 is 0 Å². The van der Waals surface area contributed by atoms with Crippen LogP contribution in [0.5, 0.6) is 5.75 Å². The third-order valence-electron chi connectivity index (χ3n) is 3.39. The molecule has 0 aromatic heterocycles. The van der Waals surface area contributed by atoms with Crippen molar-refractivity contribution in [3.8, 4) is 5.75 Å². The van der Waals surface area contributed by atoms with Crippen LogP contribution in [-0.2, 0) is 14.3 Å². The van der Waals surface area contributed by atoms with Crippen molar-refractivity contribution in [1.29, 1.82) is 0 Å². The lowest BCUT2D eigenvalue weighted by molar-refractivity contribution is -0.274. The first-order chi connectivity index (χ1) is 13.1. The summed E-state index contributed by atoms with van der Waals surface area (Å²) in [4.78, 5) is 34.2. The summed E-state index contributed by atoms with van der Waals surface area (Å²) < 4.78 is 45.0. The van der Waals surface area contributed by atoms with Gasteiger partial charge < -0.3 is 25.8 Å². The van der Waals surface area contributed by atoms with Crippen LogP contribution < -0.4 is 21.1 Å². The molecule has 1 aromatic carbocycles. The number of unbranched alkanes of at least 4 members (excludes halogenated alkanes) is 2. The van der Waals surface area contributed by atoms with Gasteiger partial charge in [0.05, 0.1) is 0 Å². The Hall–Kier alpha value is -2.98. The van der Waals surface area contributed by atoms with E-state index in [4.69, 9.17) is 10.5 Å². The molecule has 11 heteroatoms. The first kappa shape index (κ1) is 23.1. The van der Waals surface area contributed by atoms with Crippen LogP contribution in [0.1, 0.15) is 32.6 Å². The van der Waals surface area contributed by atoms with Crippen LogP contribution in [0, 0.1) is 0 Å². The van der Waals surface area contributed by atoms with E-state index in [9.17, 15) is 27.6 Å². The van der Waals surface area contributed by atoms with Crippen LogP contribution in [0.15, 0.2) is 24.3 Å². The number of alkyl halides is 3. The highest BCUT2D eigenvalue weighted by Gasteiger charge is 2.31. The molecule has 3 amide bonds. The van der Waals surface area contributed by atoms with Gasteiger partial charge in [-0.15, -0.1) is 13.2 Å². The van der Waals surface area contributed by atoms with Crippen molar-refractivity contribution in [1.82, 2.24) is 5.32 Å². The maximum Gasteiger partial charge on any atom is 0.573 e. The maximum absolute atomic E-state index is 12.1. The van der Waals surface area contributed by atoms with Crippen molar-refractivity contribution in [2.24, 2.45) is 5.73 Å². The molecule has 156 valence electrons. The van der Waals surface area contributed by atoms with Gasteiger partial charge in [0.25, 0.3) is 5.91 Å². The molecule has 0 spiro atoms. The molecule has 0 bridgehead atoms. The molecule has 0 aliphatic carbocycles. The molecule has 0 aliphatic rings. The van der Waals surface area contributed by atoms with Crippen LogP contribution in [0.25, 0.3) is 0 Å². The second-order valence-corrected chi connectivity index (χ2v) is 5.80. The lowest BCUT2D eigenvalue weighted by Gasteiger charge is -2.14. The Labute approximate surface area is 159 Å². The van der Waals surface area contributed by atoms with Gasteiger partial charge in [-0.2, -0.15) is 0 Å². The number of hydrogen-bond acceptors (Lipinski definition) is 5. The molecule has 0 heterocycles. The number of esters is 1. The molecule has 28 heavy (non-hydrogen) atoms. The molecule has 8 nitrogen and oxygen atoms in total. The number of carbonyl (C=O) groups is 3. The largest absolute Gasteiger partial charge is 0.573 e. The Bertz CT molecular complexity index is 665. The van der Waals surface area contributed by atoms with E-state index in [0.29, 0.717) is 25.8 Å². The third kappa shape index (κ3) is 10.2. The number of benzene rings is 1. The van der Waals surface area contributed by atoms with E-state index in [1.165, 1.54) is 19.1 Å². The summed E-state index contributed by atoms with van der Waals surface area (Å²) in [5, 5.41) is 4.85. The Kier molecular flexibility index (Phi) is 9.06. The van der Waals surface area contributed by atoms with Crippen LogP contribution >= 0.6 is 0 Å². The lowest BCUT2D eigenvalue weighted by atomic mass is 10.2. The maximum atomic E-state index is 12.1. The molecule has 0 radical (unpaired) electrons. The topological polar surface area (TPSA) is 120 Å². The number of ether oxygens (including phenoxy) is 2. The second kappa shape index (κ2) is 11.0. The highest BCUT2D eigenvalue weighted by Crippen LogP contribution is 2.24. The average molecular weight is 405 g/mol. The van der Waals surface area contributed by atoms with Gasteiger partial charge in [-0.1, -0.05) is 6.42 Å². The summed E-state index contributed by atoms with van der Waals surface area (Å²) in [6.45, 7) is 1.79. The highest BCUT2D eigenvalue weighted by molar-refractivity contribution is 5.95. The van der Waals surface area contributed by atoms with Crippen molar-refractivity contribution in [2.45, 2.75) is 45.1 Å². The van der Waals surface area contributed by atoms with E-state index in [2.05, 4.69) is 15.4 Å². The molecule has 1 atom stereocenters. The summed E-state index contributed by atoms with van der Waals surface area (Å²) in [5.74, 6) is -1.60. The number of amides is 3. The van der Waals surface area contributed by atoms with E-state index in [1.54, 1.807) is 0 Å². The Morgan fingerprint density at radius 2 is 1.75 bits per heavy atom. The molecule has 0 aliphatic heterocycles. The minimum Gasteiger partial charge on any atom is -0.453 e. The quantitative estimate of drug-likeness (QED) is 0.408. The third-order valence-corrected chi connectivity index (χ3v) is 3.39. The molecule has 1 rings (SSSR count). The second-order valence-electron chi connectivity index (χ2n) is 5.80. The summed E-state index contributed by atoms with van der Waals surface area (Å²) in [5.41, 5.74) is 5.14. The van der Waals surface area contributed by atoms with Crippen molar-refractivity contribution < 1.29 is 37.0 Å². The zero-order valence-corrected chi connectivity index (χ0v) is 15.2. The number of halogens is 3. The molecule has 4 N–H and O–H groups in total. The average Bonchev–Trinajstić information content (AvgIpc) is 2.58. The van der Waals surface area contributed by atoms with Crippen LogP contribution in [-0.4, -0.2) is 36.9 Å². The Balaban J connectivity index is 2.32. The van der Waals surface area contributed by atoms with Gasteiger partial charge in [0.2, 0.25) is 0 Å². The summed E-state index contributed by atoms with van der Waals surface area (Å²) >= 11 is 0. The monoisotopic (exact) mass is 405 g/mol. The first-order valence-corrected chi connectivity index (χ1v) is 8.46. The number of anilines is 1. The minimum atomic E-state index is -4.80. The van der Waals surface area contributed by atoms with Crippen molar-refractivity contribution in [2.75, 3.05) is 11.9 Å². The van der Waals surface area contributed by atoms with Crippen molar-refractivity contribution in [3.63, 3.8) is 0 Å². The van der Waals surface area contributed by atoms with Gasteiger partial charge in [0.1, 0.15) is 5.75 Å². The van der Waals surface area contributed by atoms with Crippen LogP contribution in [0.2, 0.25) is 0 Å². The lowest BCUT2D eigenvalue weighted by Crippen LogP contribution is -2.30. The number of urea groups is 1. The molecular weight excluding hydrogens is 383 g/mol. The van der Waals surface area contributed by atoms with Crippen molar-refractivity contribution in [3.05, 3.63) is 24.3 Å². The molecule has 0 fully saturated rings. The number of rotatable bonds is 10. The number of nitrogens with one attached hydrogen (secondary N) is 2. The van der Waals surface area contributed by atoms with E-state index < -0.39 is 36.1 Å². The smallest absolute Gasteiger partial charge is 0.453 e. The summed E-state index contributed by atoms with van der Waals surface area (Å²) in [6, 6.07) is 3.95. The molecular formula is C17H22F3N3O5. The first-order valence-electron chi connectivity index (χ1n) is 8.46. The highest BCUT2D eigenvalue weighted by atomic mass is 19.4. The van der Waals surface area contributed by atoms with Gasteiger partial charge in [0.15, 0.2) is 6.10 Å². The zero-order valence-electron chi connectivity index (χ0n) is 15.2. The van der Waals surface area contributed by atoms with Gasteiger partial charge in [-0.05, 0) is 44.0 Å². The van der Waals surface area contributed by atoms with Crippen molar-refractivity contribution >= 4 is 23.6 Å². The fourth-order valence-electron chi connectivity index (χ4n) is 2.08. The SMILES string of the molecule is C[C@@H](OC(=O)CCCCCNC(N)=O)C(=O)Nc1ccc(OC(F)(F)F)cc1. The molecule has 0 unspecified atom stereocenters. The fraction of sp³-hybridized carbons (Fsp3) is 0.471. The number of carbonyl (C=O) groups excluding carboxylic acids is 3. The molecule has 0 saturated heterocycles.